The van der Waals surface area contributed by atoms with Crippen LogP contribution in [0.1, 0.15) is 34.5 Å². The topological polar surface area (TPSA) is 81.4 Å². The van der Waals surface area contributed by atoms with E-state index < -0.39 is 5.91 Å². The lowest BCUT2D eigenvalue weighted by atomic mass is 10.2. The number of furan rings is 1. The smallest absolute Gasteiger partial charge is 0.311 e. The first-order valence-electron chi connectivity index (χ1n) is 8.22. The van der Waals surface area contributed by atoms with Gasteiger partial charge < -0.3 is 9.15 Å². The van der Waals surface area contributed by atoms with E-state index in [-0.39, 0.29) is 18.2 Å². The van der Waals surface area contributed by atoms with Crippen molar-refractivity contribution in [2.24, 2.45) is 0 Å². The minimum absolute atomic E-state index is 0.0696. The van der Waals surface area contributed by atoms with Crippen molar-refractivity contribution in [1.29, 1.82) is 0 Å². The van der Waals surface area contributed by atoms with Gasteiger partial charge in [-0.25, -0.2) is 4.98 Å². The number of esters is 1. The third kappa shape index (κ3) is 5.30. The van der Waals surface area contributed by atoms with Crippen LogP contribution in [0.4, 0.5) is 5.13 Å². The summed E-state index contributed by atoms with van der Waals surface area (Å²) in [4.78, 5) is 27.9. The third-order valence-electron chi connectivity index (χ3n) is 3.34. The zero-order valence-corrected chi connectivity index (χ0v) is 15.3. The van der Waals surface area contributed by atoms with Crippen LogP contribution in [-0.4, -0.2) is 23.5 Å². The highest BCUT2D eigenvalue weighted by molar-refractivity contribution is 7.14. The molecule has 0 aliphatic rings. The van der Waals surface area contributed by atoms with Gasteiger partial charge in [0.1, 0.15) is 0 Å². The molecule has 0 spiro atoms. The van der Waals surface area contributed by atoms with Gasteiger partial charge in [0.25, 0.3) is 5.91 Å². The van der Waals surface area contributed by atoms with Crippen molar-refractivity contribution in [3.8, 4) is 11.8 Å². The van der Waals surface area contributed by atoms with Gasteiger partial charge in [0.05, 0.1) is 18.7 Å². The molecular formula is C20H16N2O4S. The first-order chi connectivity index (χ1) is 13.1. The highest BCUT2D eigenvalue weighted by Crippen LogP contribution is 2.18. The van der Waals surface area contributed by atoms with Gasteiger partial charge in [0, 0.05) is 10.9 Å². The summed E-state index contributed by atoms with van der Waals surface area (Å²) in [6.07, 6.45) is 0.0696. The van der Waals surface area contributed by atoms with Crippen LogP contribution in [0.3, 0.4) is 0 Å². The fraction of sp³-hybridized carbons (Fsp3) is 0.150. The first-order valence-corrected chi connectivity index (χ1v) is 9.10. The summed E-state index contributed by atoms with van der Waals surface area (Å²) >= 11 is 1.23. The molecule has 0 bridgehead atoms. The van der Waals surface area contributed by atoms with Crippen LogP contribution in [0.2, 0.25) is 0 Å². The number of amides is 1. The van der Waals surface area contributed by atoms with Crippen LogP contribution in [-0.2, 0) is 16.0 Å². The number of rotatable bonds is 5. The third-order valence-corrected chi connectivity index (χ3v) is 4.14. The molecule has 6 nitrogen and oxygen atoms in total. The molecule has 0 aliphatic carbocycles. The molecule has 0 saturated carbocycles. The Morgan fingerprint density at radius 3 is 2.78 bits per heavy atom. The zero-order chi connectivity index (χ0) is 19.1. The van der Waals surface area contributed by atoms with E-state index in [1.54, 1.807) is 24.4 Å². The van der Waals surface area contributed by atoms with E-state index in [1.807, 2.05) is 30.3 Å². The van der Waals surface area contributed by atoms with Crippen LogP contribution in [0.25, 0.3) is 0 Å². The summed E-state index contributed by atoms with van der Waals surface area (Å²) in [6.45, 7) is 2.06. The molecule has 3 rings (SSSR count). The summed E-state index contributed by atoms with van der Waals surface area (Å²) in [7, 11) is 0. The quantitative estimate of drug-likeness (QED) is 0.541. The Bertz CT molecular complexity index is 996. The molecule has 0 radical (unpaired) electrons. The Morgan fingerprint density at radius 1 is 1.19 bits per heavy atom. The van der Waals surface area contributed by atoms with E-state index >= 15 is 0 Å². The number of hydrogen-bond donors (Lipinski definition) is 1. The average Bonchev–Trinajstić information content (AvgIpc) is 3.31. The Morgan fingerprint density at radius 2 is 2.00 bits per heavy atom. The molecule has 0 aliphatic heterocycles. The molecular weight excluding hydrogens is 364 g/mol. The normalized spacial score (nSPS) is 9.96. The first kappa shape index (κ1) is 18.4. The predicted octanol–water partition coefficient (Wildman–Crippen LogP) is 3.49. The average molecular weight is 380 g/mol. The Kier molecular flexibility index (Phi) is 6.02. The molecule has 136 valence electrons. The molecule has 2 heterocycles. The second kappa shape index (κ2) is 8.83. The van der Waals surface area contributed by atoms with Crippen molar-refractivity contribution in [2.75, 3.05) is 11.9 Å². The van der Waals surface area contributed by atoms with E-state index in [4.69, 9.17) is 9.15 Å². The highest BCUT2D eigenvalue weighted by atomic mass is 32.1. The monoisotopic (exact) mass is 380 g/mol. The molecule has 2 aromatic heterocycles. The van der Waals surface area contributed by atoms with Gasteiger partial charge in [-0.15, -0.1) is 11.3 Å². The number of hydrogen-bond acceptors (Lipinski definition) is 6. The fourth-order valence-electron chi connectivity index (χ4n) is 2.15. The van der Waals surface area contributed by atoms with E-state index in [0.29, 0.717) is 23.2 Å². The van der Waals surface area contributed by atoms with E-state index in [1.165, 1.54) is 11.3 Å². The van der Waals surface area contributed by atoms with Crippen LogP contribution in [0.5, 0.6) is 0 Å². The van der Waals surface area contributed by atoms with E-state index in [2.05, 4.69) is 22.1 Å². The molecule has 1 aromatic carbocycles. The Balaban J connectivity index is 1.61. The van der Waals surface area contributed by atoms with E-state index in [9.17, 15) is 9.59 Å². The summed E-state index contributed by atoms with van der Waals surface area (Å²) in [5, 5.41) is 4.73. The zero-order valence-electron chi connectivity index (χ0n) is 14.5. The van der Waals surface area contributed by atoms with Crippen LogP contribution in [0, 0.1) is 11.8 Å². The number of nitrogens with one attached hydrogen (secondary N) is 1. The van der Waals surface area contributed by atoms with Crippen LogP contribution < -0.4 is 5.32 Å². The standard InChI is InChI=1S/C20H16N2O4S/c1-2-25-18(23)12-15-13-27-20(21-15)22-19(24)17-11-10-16(26-17)9-8-14-6-4-3-5-7-14/h3-7,10-11,13H,2,12H2,1H3,(H,21,22,24). The van der Waals surface area contributed by atoms with Crippen molar-refractivity contribution in [1.82, 2.24) is 4.98 Å². The molecule has 1 N–H and O–H groups in total. The van der Waals surface area contributed by atoms with Crippen LogP contribution in [0.15, 0.2) is 52.3 Å². The molecule has 1 amide bonds. The van der Waals surface area contributed by atoms with Crippen molar-refractivity contribution < 1.29 is 18.7 Å². The summed E-state index contributed by atoms with van der Waals surface area (Å²) < 4.78 is 10.3. The summed E-state index contributed by atoms with van der Waals surface area (Å²) in [5.41, 5.74) is 1.40. The van der Waals surface area contributed by atoms with Gasteiger partial charge in [0.2, 0.25) is 0 Å². The van der Waals surface area contributed by atoms with Gasteiger partial charge >= 0.3 is 5.97 Å². The largest absolute Gasteiger partial charge is 0.466 e. The second-order valence-electron chi connectivity index (χ2n) is 5.36. The molecule has 0 atom stereocenters. The lowest BCUT2D eigenvalue weighted by Gasteiger charge is -1.99. The van der Waals surface area contributed by atoms with Crippen molar-refractivity contribution in [2.45, 2.75) is 13.3 Å². The second-order valence-corrected chi connectivity index (χ2v) is 6.22. The maximum atomic E-state index is 12.3. The fourth-order valence-corrected chi connectivity index (χ4v) is 2.85. The predicted molar refractivity (Wildman–Crippen MR) is 102 cm³/mol. The highest BCUT2D eigenvalue weighted by Gasteiger charge is 2.14. The van der Waals surface area contributed by atoms with Crippen molar-refractivity contribution >= 4 is 28.3 Å². The number of benzene rings is 1. The number of carbonyl (C=O) groups excluding carboxylic acids is 2. The number of aromatic nitrogens is 1. The van der Waals surface area contributed by atoms with Crippen molar-refractivity contribution in [3.05, 3.63) is 70.6 Å². The van der Waals surface area contributed by atoms with Crippen LogP contribution >= 0.6 is 11.3 Å². The maximum absolute atomic E-state index is 12.3. The van der Waals surface area contributed by atoms with Crippen molar-refractivity contribution in [3.63, 3.8) is 0 Å². The lowest BCUT2D eigenvalue weighted by Crippen LogP contribution is -2.11. The number of carbonyl (C=O) groups is 2. The van der Waals surface area contributed by atoms with E-state index in [0.717, 1.165) is 5.56 Å². The van der Waals surface area contributed by atoms with Gasteiger partial charge in [-0.1, -0.05) is 24.1 Å². The lowest BCUT2D eigenvalue weighted by molar-refractivity contribution is -0.142. The Hall–Kier alpha value is -3.37. The number of anilines is 1. The van der Waals surface area contributed by atoms with Gasteiger partial charge in [0.15, 0.2) is 16.7 Å². The number of thiazole rings is 1. The number of nitrogens with zero attached hydrogens (tertiary/aromatic N) is 1. The molecule has 3 aromatic rings. The summed E-state index contributed by atoms with van der Waals surface area (Å²) in [5.74, 6) is 5.59. The summed E-state index contributed by atoms with van der Waals surface area (Å²) in [6, 6.07) is 12.7. The Labute approximate surface area is 160 Å². The molecule has 27 heavy (non-hydrogen) atoms. The van der Waals surface area contributed by atoms with Gasteiger partial charge in [-0.3, -0.25) is 14.9 Å². The van der Waals surface area contributed by atoms with Gasteiger partial charge in [-0.2, -0.15) is 0 Å². The molecule has 0 fully saturated rings. The SMILES string of the molecule is CCOC(=O)Cc1csc(NC(=O)c2ccc(C#Cc3ccccc3)o2)n1. The molecule has 0 unspecified atom stereocenters. The van der Waals surface area contributed by atoms with Gasteiger partial charge in [-0.05, 0) is 37.1 Å². The maximum Gasteiger partial charge on any atom is 0.311 e. The minimum Gasteiger partial charge on any atom is -0.466 e. The minimum atomic E-state index is -0.431. The molecule has 7 heteroatoms. The molecule has 0 saturated heterocycles. The number of ether oxygens (including phenoxy) is 1.